The third kappa shape index (κ3) is 5.18. The van der Waals surface area contributed by atoms with Gasteiger partial charge in [0.15, 0.2) is 0 Å². The molecule has 40 heavy (non-hydrogen) atoms. The van der Waals surface area contributed by atoms with E-state index in [1.54, 1.807) is 23.2 Å². The lowest BCUT2D eigenvalue weighted by Crippen LogP contribution is -2.62. The summed E-state index contributed by atoms with van der Waals surface area (Å²) in [6.45, 7) is 4.26. The molecule has 10 nitrogen and oxygen atoms in total. The molecule has 4 heterocycles. The number of ether oxygens (including phenoxy) is 1. The molecule has 1 aliphatic carbocycles. The third-order valence-electron chi connectivity index (χ3n) is 7.89. The molecule has 3 fully saturated rings. The number of nitrogens with one attached hydrogen (secondary N) is 4. The summed E-state index contributed by atoms with van der Waals surface area (Å²) in [7, 11) is 0. The van der Waals surface area contributed by atoms with Crippen molar-refractivity contribution in [2.45, 2.75) is 55.6 Å². The summed E-state index contributed by atoms with van der Waals surface area (Å²) in [5.41, 5.74) is 0.664. The number of hydrogen-bond acceptors (Lipinski definition) is 7. The second kappa shape index (κ2) is 11.3. The van der Waals surface area contributed by atoms with E-state index < -0.39 is 0 Å². The van der Waals surface area contributed by atoms with E-state index in [2.05, 4.69) is 32.8 Å². The molecule has 208 valence electrons. The normalized spacial score (nSPS) is 27.4. The predicted molar refractivity (Wildman–Crippen MR) is 153 cm³/mol. The molecule has 1 aromatic heterocycles. The van der Waals surface area contributed by atoms with E-state index in [0.29, 0.717) is 27.9 Å². The van der Waals surface area contributed by atoms with Crippen LogP contribution in [0.4, 0.5) is 10.6 Å². The SMILES string of the molecule is C=CC(=O)N[C@H]1CCCC[C@H]1NC(=O)C1=C2NC(=O)N(c3ccc(Oc4ccccc4)cn3)C3CCNC(S1)C23. The van der Waals surface area contributed by atoms with Gasteiger partial charge in [0, 0.05) is 23.7 Å². The molecule has 3 unspecified atom stereocenters. The molecule has 5 atom stereocenters. The van der Waals surface area contributed by atoms with Gasteiger partial charge in [0.2, 0.25) is 5.91 Å². The van der Waals surface area contributed by atoms with Crippen LogP contribution in [0.1, 0.15) is 32.1 Å². The van der Waals surface area contributed by atoms with Gasteiger partial charge in [-0.25, -0.2) is 9.78 Å². The Balaban J connectivity index is 1.20. The summed E-state index contributed by atoms with van der Waals surface area (Å²) >= 11 is 1.46. The van der Waals surface area contributed by atoms with Crippen LogP contribution in [0.15, 0.2) is 71.9 Å². The maximum Gasteiger partial charge on any atom is 0.327 e. The van der Waals surface area contributed by atoms with Crippen molar-refractivity contribution in [3.63, 3.8) is 0 Å². The Morgan fingerprint density at radius 2 is 1.82 bits per heavy atom. The van der Waals surface area contributed by atoms with E-state index in [0.717, 1.165) is 38.6 Å². The molecule has 0 bridgehead atoms. The van der Waals surface area contributed by atoms with Crippen LogP contribution in [0.2, 0.25) is 0 Å². The molecule has 6 rings (SSSR count). The molecule has 4 amide bonds. The van der Waals surface area contributed by atoms with E-state index >= 15 is 0 Å². The lowest BCUT2D eigenvalue weighted by Gasteiger charge is -2.45. The number of nitrogens with zero attached hydrogens (tertiary/aromatic N) is 2. The molecule has 0 radical (unpaired) electrons. The van der Waals surface area contributed by atoms with Crippen LogP contribution in [0.25, 0.3) is 0 Å². The van der Waals surface area contributed by atoms with Crippen molar-refractivity contribution in [3.8, 4) is 11.5 Å². The summed E-state index contributed by atoms with van der Waals surface area (Å²) in [6.07, 6.45) is 7.16. The molecule has 2 saturated heterocycles. The Morgan fingerprint density at radius 3 is 2.55 bits per heavy atom. The van der Waals surface area contributed by atoms with Crippen molar-refractivity contribution >= 4 is 35.4 Å². The van der Waals surface area contributed by atoms with E-state index in [9.17, 15) is 14.4 Å². The number of urea groups is 1. The average molecular weight is 561 g/mol. The van der Waals surface area contributed by atoms with Crippen molar-refractivity contribution in [3.05, 3.63) is 71.9 Å². The van der Waals surface area contributed by atoms with E-state index in [1.165, 1.54) is 17.8 Å². The van der Waals surface area contributed by atoms with Gasteiger partial charge < -0.3 is 26.0 Å². The molecule has 1 aromatic carbocycles. The summed E-state index contributed by atoms with van der Waals surface area (Å²) in [4.78, 5) is 45.8. The minimum absolute atomic E-state index is 0.0408. The number of anilines is 1. The van der Waals surface area contributed by atoms with Crippen molar-refractivity contribution in [1.29, 1.82) is 0 Å². The zero-order valence-corrected chi connectivity index (χ0v) is 22.8. The fourth-order valence-electron chi connectivity index (χ4n) is 6.04. The van der Waals surface area contributed by atoms with Crippen molar-refractivity contribution in [2.24, 2.45) is 5.92 Å². The molecular formula is C29H32N6O4S. The van der Waals surface area contributed by atoms with Gasteiger partial charge in [-0.3, -0.25) is 14.5 Å². The summed E-state index contributed by atoms with van der Waals surface area (Å²) in [6, 6.07) is 12.3. The average Bonchev–Trinajstić information content (AvgIpc) is 3.35. The smallest absolute Gasteiger partial charge is 0.327 e. The van der Waals surface area contributed by atoms with Crippen molar-refractivity contribution in [1.82, 2.24) is 26.3 Å². The van der Waals surface area contributed by atoms with Gasteiger partial charge >= 0.3 is 6.03 Å². The zero-order chi connectivity index (χ0) is 27.6. The highest BCUT2D eigenvalue weighted by Crippen LogP contribution is 2.47. The molecule has 1 saturated carbocycles. The first-order chi connectivity index (χ1) is 19.5. The van der Waals surface area contributed by atoms with Gasteiger partial charge in [-0.1, -0.05) is 49.4 Å². The van der Waals surface area contributed by atoms with Gasteiger partial charge in [-0.2, -0.15) is 0 Å². The standard InChI is InChI=1S/C29H32N6O4S/c1-2-23(36)32-19-10-6-7-11-20(19)33-27(37)26-25-24-21(14-15-30-28(24)40-26)35(29(38)34-25)22-13-12-18(16-31-22)39-17-8-4-3-5-9-17/h2-5,8-9,12-13,16,19-21,24,28,30H,1,6-7,10-11,14-15H2,(H,32,36)(H,33,37)(H,34,38)/t19-,20+,21?,24?,28?/m0/s1. The topological polar surface area (TPSA) is 125 Å². The lowest BCUT2D eigenvalue weighted by molar-refractivity contribution is -0.120. The first-order valence-corrected chi connectivity index (χ1v) is 14.6. The van der Waals surface area contributed by atoms with E-state index in [4.69, 9.17) is 4.74 Å². The van der Waals surface area contributed by atoms with Gasteiger partial charge in [0.25, 0.3) is 5.91 Å². The van der Waals surface area contributed by atoms with Crippen molar-refractivity contribution < 1.29 is 19.1 Å². The quantitative estimate of drug-likeness (QED) is 0.383. The van der Waals surface area contributed by atoms with Crippen LogP contribution in [0.5, 0.6) is 11.5 Å². The van der Waals surface area contributed by atoms with Crippen LogP contribution >= 0.6 is 11.8 Å². The highest BCUT2D eigenvalue weighted by atomic mass is 32.2. The molecule has 2 aromatic rings. The number of piperidine rings is 1. The Labute approximate surface area is 237 Å². The van der Waals surface area contributed by atoms with Gasteiger partial charge in [0.05, 0.1) is 22.5 Å². The minimum atomic E-state index is -0.303. The number of rotatable bonds is 7. The molecule has 4 aliphatic rings. The number of amides is 4. The number of carbonyl (C=O) groups is 3. The fourth-order valence-corrected chi connectivity index (χ4v) is 7.44. The van der Waals surface area contributed by atoms with Crippen LogP contribution in [-0.2, 0) is 9.59 Å². The third-order valence-corrected chi connectivity index (χ3v) is 9.24. The number of carbonyl (C=O) groups excluding carboxylic acids is 3. The Hall–Kier alpha value is -3.83. The number of aromatic nitrogens is 1. The lowest BCUT2D eigenvalue weighted by atomic mass is 9.86. The minimum Gasteiger partial charge on any atom is -0.456 e. The Kier molecular flexibility index (Phi) is 7.48. The van der Waals surface area contributed by atoms with Gasteiger partial charge in [-0.15, -0.1) is 0 Å². The molecule has 11 heteroatoms. The number of benzene rings is 1. The molecule has 0 spiro atoms. The monoisotopic (exact) mass is 560 g/mol. The molecule has 3 aliphatic heterocycles. The highest BCUT2D eigenvalue weighted by Gasteiger charge is 2.52. The Bertz CT molecular complexity index is 1330. The number of hydrogen-bond donors (Lipinski definition) is 4. The van der Waals surface area contributed by atoms with Crippen LogP contribution in [-0.4, -0.2) is 52.9 Å². The second-order valence-corrected chi connectivity index (χ2v) is 11.5. The summed E-state index contributed by atoms with van der Waals surface area (Å²) < 4.78 is 5.86. The highest BCUT2D eigenvalue weighted by molar-refractivity contribution is 8.04. The maximum atomic E-state index is 13.6. The number of pyridine rings is 1. The predicted octanol–water partition coefficient (Wildman–Crippen LogP) is 3.40. The molecular weight excluding hydrogens is 528 g/mol. The summed E-state index contributed by atoms with van der Waals surface area (Å²) in [5, 5.41) is 12.6. The number of para-hydroxylation sites is 1. The van der Waals surface area contributed by atoms with Crippen LogP contribution < -0.4 is 30.9 Å². The Morgan fingerprint density at radius 1 is 1.05 bits per heavy atom. The second-order valence-electron chi connectivity index (χ2n) is 10.4. The summed E-state index contributed by atoms with van der Waals surface area (Å²) in [5.74, 6) is 1.29. The van der Waals surface area contributed by atoms with Gasteiger partial charge in [-0.05, 0) is 56.1 Å². The first-order valence-electron chi connectivity index (χ1n) is 13.7. The van der Waals surface area contributed by atoms with Crippen LogP contribution in [0.3, 0.4) is 0 Å². The first kappa shape index (κ1) is 26.4. The molecule has 4 N–H and O–H groups in total. The van der Waals surface area contributed by atoms with E-state index in [-0.39, 0.29) is 47.3 Å². The zero-order valence-electron chi connectivity index (χ0n) is 22.0. The van der Waals surface area contributed by atoms with E-state index in [1.807, 2.05) is 30.3 Å². The maximum absolute atomic E-state index is 13.6. The van der Waals surface area contributed by atoms with Gasteiger partial charge in [0.1, 0.15) is 17.3 Å². The van der Waals surface area contributed by atoms with Crippen LogP contribution in [0, 0.1) is 5.92 Å². The fraction of sp³-hybridized carbons (Fsp3) is 0.379. The largest absolute Gasteiger partial charge is 0.456 e. The van der Waals surface area contributed by atoms with Crippen molar-refractivity contribution in [2.75, 3.05) is 11.4 Å². The number of thioether (sulfide) groups is 1.